The molecule has 1 heterocycles. The second kappa shape index (κ2) is 7.27. The lowest BCUT2D eigenvalue weighted by atomic mass is 9.62. The Labute approximate surface area is 176 Å². The van der Waals surface area contributed by atoms with Gasteiger partial charge in [-0.2, -0.15) is 0 Å². The number of thiophene rings is 1. The Morgan fingerprint density at radius 2 is 1.61 bits per heavy atom. The third kappa shape index (κ3) is 4.08. The van der Waals surface area contributed by atoms with Crippen molar-refractivity contribution in [1.29, 1.82) is 0 Å². The monoisotopic (exact) mass is 412 g/mol. The molecular formula is C25H36OSSi. The lowest BCUT2D eigenvalue weighted by molar-refractivity contribution is 0.285. The SMILES string of the molecule is Cc1cc2c(cc1/C(=C/c1ccc(CO)s1)[Si](C)(C)C)C(C)(C)CCC2(C)C. The fourth-order valence-corrected chi connectivity index (χ4v) is 7.00. The number of aliphatic hydroxyl groups is 1. The smallest absolute Gasteiger partial charge is 0.0784 e. The zero-order valence-electron chi connectivity index (χ0n) is 18.9. The van der Waals surface area contributed by atoms with Crippen LogP contribution < -0.4 is 0 Å². The van der Waals surface area contributed by atoms with Gasteiger partial charge in [0.15, 0.2) is 0 Å². The van der Waals surface area contributed by atoms with E-state index in [0.29, 0.717) is 0 Å². The van der Waals surface area contributed by atoms with Crippen LogP contribution in [0.15, 0.2) is 24.3 Å². The molecule has 0 spiro atoms. The summed E-state index contributed by atoms with van der Waals surface area (Å²) in [6.07, 6.45) is 4.89. The van der Waals surface area contributed by atoms with Gasteiger partial charge < -0.3 is 5.11 Å². The molecule has 3 heteroatoms. The minimum atomic E-state index is -1.56. The molecule has 0 fully saturated rings. The van der Waals surface area contributed by atoms with Crippen LogP contribution in [0.2, 0.25) is 19.6 Å². The van der Waals surface area contributed by atoms with E-state index in [4.69, 9.17) is 0 Å². The van der Waals surface area contributed by atoms with Crippen molar-refractivity contribution in [3.8, 4) is 0 Å². The highest BCUT2D eigenvalue weighted by Crippen LogP contribution is 2.47. The van der Waals surface area contributed by atoms with Crippen molar-refractivity contribution in [3.05, 3.63) is 56.3 Å². The summed E-state index contributed by atoms with van der Waals surface area (Å²) in [5.41, 5.74) is 6.39. The quantitative estimate of drug-likeness (QED) is 0.522. The van der Waals surface area contributed by atoms with Gasteiger partial charge in [-0.1, -0.05) is 64.7 Å². The van der Waals surface area contributed by atoms with Gasteiger partial charge in [-0.15, -0.1) is 11.3 Å². The maximum Gasteiger partial charge on any atom is 0.0784 e. The van der Waals surface area contributed by atoms with Crippen LogP contribution in [0.4, 0.5) is 0 Å². The zero-order valence-corrected chi connectivity index (χ0v) is 20.7. The third-order valence-corrected chi connectivity index (χ3v) is 9.47. The van der Waals surface area contributed by atoms with Crippen LogP contribution in [0.5, 0.6) is 0 Å². The zero-order chi connectivity index (χ0) is 20.9. The van der Waals surface area contributed by atoms with E-state index >= 15 is 0 Å². The molecular weight excluding hydrogens is 376 g/mol. The van der Waals surface area contributed by atoms with Crippen LogP contribution in [-0.2, 0) is 17.4 Å². The molecule has 1 aliphatic rings. The summed E-state index contributed by atoms with van der Waals surface area (Å²) in [6.45, 7) is 19.3. The highest BCUT2D eigenvalue weighted by atomic mass is 32.1. The van der Waals surface area contributed by atoms with Crippen LogP contribution in [0.25, 0.3) is 11.3 Å². The molecule has 1 aromatic carbocycles. The molecule has 1 aromatic heterocycles. The standard InChI is InChI=1S/C25H36OSSi/c1-17-13-21-22(25(4,5)12-11-24(21,2)3)15-20(17)23(28(6,7)8)14-18-9-10-19(16-26)27-18/h9-10,13-15,26H,11-12,16H2,1-8H3/b23-14-. The molecule has 0 radical (unpaired) electrons. The van der Waals surface area contributed by atoms with Gasteiger partial charge in [0.1, 0.15) is 0 Å². The maximum atomic E-state index is 9.44. The Bertz CT molecular complexity index is 909. The Balaban J connectivity index is 2.22. The van der Waals surface area contributed by atoms with Gasteiger partial charge in [-0.05, 0) is 71.1 Å². The Morgan fingerprint density at radius 1 is 1.04 bits per heavy atom. The molecule has 152 valence electrons. The molecule has 1 N–H and O–H groups in total. The van der Waals surface area contributed by atoms with E-state index in [-0.39, 0.29) is 17.4 Å². The van der Waals surface area contributed by atoms with Gasteiger partial charge >= 0.3 is 0 Å². The highest BCUT2D eigenvalue weighted by Gasteiger charge is 2.38. The van der Waals surface area contributed by atoms with Gasteiger partial charge in [0, 0.05) is 9.75 Å². The number of hydrogen-bond acceptors (Lipinski definition) is 2. The van der Waals surface area contributed by atoms with E-state index < -0.39 is 8.07 Å². The summed E-state index contributed by atoms with van der Waals surface area (Å²) in [6, 6.07) is 9.20. The van der Waals surface area contributed by atoms with Gasteiger partial charge in [-0.3, -0.25) is 0 Å². The van der Waals surface area contributed by atoms with Gasteiger partial charge in [0.2, 0.25) is 0 Å². The summed E-state index contributed by atoms with van der Waals surface area (Å²) >= 11 is 1.70. The van der Waals surface area contributed by atoms with Gasteiger partial charge in [0.25, 0.3) is 0 Å². The van der Waals surface area contributed by atoms with E-state index in [1.165, 1.54) is 39.6 Å². The van der Waals surface area contributed by atoms with Crippen molar-refractivity contribution < 1.29 is 5.11 Å². The highest BCUT2D eigenvalue weighted by molar-refractivity contribution is 7.13. The van der Waals surface area contributed by atoms with Crippen molar-refractivity contribution in [1.82, 2.24) is 0 Å². The lowest BCUT2D eigenvalue weighted by Crippen LogP contribution is -2.34. The van der Waals surface area contributed by atoms with Crippen LogP contribution in [0, 0.1) is 6.92 Å². The topological polar surface area (TPSA) is 20.2 Å². The minimum absolute atomic E-state index is 0.127. The first-order chi connectivity index (χ1) is 12.8. The number of fused-ring (bicyclic) bond motifs is 1. The number of rotatable bonds is 4. The normalized spacial score (nSPS) is 18.8. The molecule has 0 atom stereocenters. The van der Waals surface area contributed by atoms with Crippen molar-refractivity contribution >= 4 is 30.7 Å². The maximum absolute atomic E-state index is 9.44. The van der Waals surface area contributed by atoms with Gasteiger partial charge in [0.05, 0.1) is 14.7 Å². The molecule has 3 rings (SSSR count). The second-order valence-corrected chi connectivity index (χ2v) is 17.0. The average Bonchev–Trinajstić information content (AvgIpc) is 3.04. The van der Waals surface area contributed by atoms with Crippen molar-refractivity contribution in [2.24, 2.45) is 0 Å². The van der Waals surface area contributed by atoms with E-state index in [1.807, 2.05) is 6.07 Å². The minimum Gasteiger partial charge on any atom is -0.391 e. The van der Waals surface area contributed by atoms with Crippen molar-refractivity contribution in [3.63, 3.8) is 0 Å². The summed E-state index contributed by atoms with van der Waals surface area (Å²) in [5, 5.41) is 11.0. The van der Waals surface area contributed by atoms with E-state index in [0.717, 1.165) is 4.88 Å². The largest absolute Gasteiger partial charge is 0.391 e. The van der Waals surface area contributed by atoms with Gasteiger partial charge in [-0.25, -0.2) is 0 Å². The average molecular weight is 413 g/mol. The third-order valence-electron chi connectivity index (χ3n) is 6.42. The van der Waals surface area contributed by atoms with Crippen LogP contribution in [-0.4, -0.2) is 13.2 Å². The first kappa shape index (κ1) is 21.5. The fourth-order valence-electron chi connectivity index (χ4n) is 4.41. The molecule has 1 aliphatic carbocycles. The number of hydrogen-bond donors (Lipinski definition) is 1. The summed E-state index contributed by atoms with van der Waals surface area (Å²) in [5.74, 6) is 0. The Kier molecular flexibility index (Phi) is 5.59. The first-order valence-electron chi connectivity index (χ1n) is 10.4. The molecule has 0 aliphatic heterocycles. The summed E-state index contributed by atoms with van der Waals surface area (Å²) in [7, 11) is -1.56. The van der Waals surface area contributed by atoms with E-state index in [2.05, 4.69) is 78.5 Å². The Morgan fingerprint density at radius 3 is 2.11 bits per heavy atom. The second-order valence-electron chi connectivity index (χ2n) is 10.8. The van der Waals surface area contributed by atoms with E-state index in [1.54, 1.807) is 16.9 Å². The molecule has 1 nitrogen and oxygen atoms in total. The number of aryl methyl sites for hydroxylation is 1. The molecule has 0 amide bonds. The molecule has 0 saturated carbocycles. The van der Waals surface area contributed by atoms with E-state index in [9.17, 15) is 5.11 Å². The Hall–Kier alpha value is -1.16. The number of aliphatic hydroxyl groups excluding tert-OH is 1. The van der Waals surface area contributed by atoms with Crippen LogP contribution in [0.3, 0.4) is 0 Å². The molecule has 0 bridgehead atoms. The van der Waals surface area contributed by atoms with Crippen molar-refractivity contribution in [2.75, 3.05) is 0 Å². The molecule has 28 heavy (non-hydrogen) atoms. The number of benzene rings is 1. The van der Waals surface area contributed by atoms with Crippen LogP contribution >= 0.6 is 11.3 Å². The summed E-state index contributed by atoms with van der Waals surface area (Å²) in [4.78, 5) is 2.28. The predicted molar refractivity (Wildman–Crippen MR) is 128 cm³/mol. The first-order valence-corrected chi connectivity index (χ1v) is 14.7. The lowest BCUT2D eigenvalue weighted by Gasteiger charge is -2.43. The fraction of sp³-hybridized carbons (Fsp3) is 0.520. The van der Waals surface area contributed by atoms with Crippen molar-refractivity contribution in [2.45, 2.75) is 84.5 Å². The molecule has 0 unspecified atom stereocenters. The van der Waals surface area contributed by atoms with Crippen LogP contribution in [0.1, 0.15) is 72.5 Å². The molecule has 2 aromatic rings. The summed E-state index contributed by atoms with van der Waals surface area (Å²) < 4.78 is 0. The predicted octanol–water partition coefficient (Wildman–Crippen LogP) is 7.32. The molecule has 0 saturated heterocycles.